The van der Waals surface area contributed by atoms with Crippen molar-refractivity contribution in [3.8, 4) is 11.5 Å². The van der Waals surface area contributed by atoms with Crippen LogP contribution in [0.2, 0.25) is 0 Å². The number of nitrogens with zero attached hydrogens (tertiary/aromatic N) is 1. The molecule has 1 unspecified atom stereocenters. The Kier molecular flexibility index (Phi) is 4.60. The molecule has 0 saturated carbocycles. The number of hydrogen-bond acceptors (Lipinski definition) is 4. The van der Waals surface area contributed by atoms with E-state index in [1.165, 1.54) is 16.8 Å². The summed E-state index contributed by atoms with van der Waals surface area (Å²) in [6, 6.07) is 16.8. The molecule has 2 aromatic rings. The van der Waals surface area contributed by atoms with Gasteiger partial charge in [0.05, 0.1) is 20.3 Å². The van der Waals surface area contributed by atoms with Gasteiger partial charge in [0.2, 0.25) is 0 Å². The lowest BCUT2D eigenvalue weighted by Crippen LogP contribution is -2.40. The minimum Gasteiger partial charge on any atom is -0.493 e. The normalized spacial score (nSPS) is 27.1. The van der Waals surface area contributed by atoms with Crippen LogP contribution in [0.4, 0.5) is 0 Å². The van der Waals surface area contributed by atoms with Crippen LogP contribution in [0.15, 0.2) is 60.3 Å². The Morgan fingerprint density at radius 2 is 1.78 bits per heavy atom. The number of ether oxygens (including phenoxy) is 2. The first-order valence-corrected chi connectivity index (χ1v) is 9.49. The first-order chi connectivity index (χ1) is 13.1. The van der Waals surface area contributed by atoms with E-state index in [1.54, 1.807) is 14.2 Å². The summed E-state index contributed by atoms with van der Waals surface area (Å²) in [6.07, 6.45) is 3.34. The highest BCUT2D eigenvalue weighted by molar-refractivity contribution is 5.52. The van der Waals surface area contributed by atoms with Crippen molar-refractivity contribution >= 4 is 0 Å². The number of allylic oxidation sites excluding steroid dienone is 1. The van der Waals surface area contributed by atoms with E-state index in [4.69, 9.17) is 9.47 Å². The highest BCUT2D eigenvalue weighted by Gasteiger charge is 2.52. The van der Waals surface area contributed by atoms with Crippen molar-refractivity contribution < 1.29 is 14.6 Å². The quantitative estimate of drug-likeness (QED) is 0.897. The monoisotopic (exact) mass is 365 g/mol. The molecule has 4 heteroatoms. The zero-order valence-corrected chi connectivity index (χ0v) is 16.2. The van der Waals surface area contributed by atoms with E-state index in [0.29, 0.717) is 0 Å². The van der Waals surface area contributed by atoms with E-state index < -0.39 is 6.10 Å². The summed E-state index contributed by atoms with van der Waals surface area (Å²) in [5.74, 6) is 1.69. The van der Waals surface area contributed by atoms with Gasteiger partial charge in [-0.15, -0.1) is 0 Å². The van der Waals surface area contributed by atoms with Crippen LogP contribution in [0.1, 0.15) is 29.9 Å². The minimum atomic E-state index is -0.431. The fraction of sp³-hybridized carbons (Fsp3) is 0.391. The van der Waals surface area contributed by atoms with Gasteiger partial charge in [-0.3, -0.25) is 0 Å². The third-order valence-electron chi connectivity index (χ3n) is 6.23. The molecule has 1 N–H and O–H groups in total. The summed E-state index contributed by atoms with van der Waals surface area (Å²) in [5.41, 5.74) is 3.53. The Morgan fingerprint density at radius 3 is 2.48 bits per heavy atom. The molecular weight excluding hydrogens is 338 g/mol. The molecule has 1 fully saturated rings. The van der Waals surface area contributed by atoms with Crippen molar-refractivity contribution in [2.75, 3.05) is 27.8 Å². The number of benzene rings is 2. The van der Waals surface area contributed by atoms with Gasteiger partial charge in [-0.05, 0) is 42.2 Å². The van der Waals surface area contributed by atoms with Crippen molar-refractivity contribution in [2.45, 2.75) is 30.3 Å². The van der Waals surface area contributed by atoms with Gasteiger partial charge in [-0.25, -0.2) is 0 Å². The SMILES string of the molecule is COc1ccc([C@]23CCN(C)C2=C[C@@H](O)CC3c2ccccc2)cc1OC. The zero-order chi connectivity index (χ0) is 19.0. The third kappa shape index (κ3) is 2.79. The van der Waals surface area contributed by atoms with E-state index >= 15 is 0 Å². The first kappa shape index (κ1) is 17.9. The maximum Gasteiger partial charge on any atom is 0.161 e. The van der Waals surface area contributed by atoms with Gasteiger partial charge in [-0.1, -0.05) is 36.4 Å². The van der Waals surface area contributed by atoms with Gasteiger partial charge in [0, 0.05) is 30.6 Å². The Hall–Kier alpha value is -2.46. The van der Waals surface area contributed by atoms with Crippen LogP contribution in [0.3, 0.4) is 0 Å². The molecule has 3 atom stereocenters. The van der Waals surface area contributed by atoms with Crippen LogP contribution >= 0.6 is 0 Å². The molecular formula is C23H27NO3. The molecule has 2 aliphatic rings. The number of likely N-dealkylation sites (N-methyl/N-ethyl adjacent to an activating group) is 1. The molecule has 2 aromatic carbocycles. The molecule has 27 heavy (non-hydrogen) atoms. The molecule has 0 radical (unpaired) electrons. The summed E-state index contributed by atoms with van der Waals surface area (Å²) >= 11 is 0. The minimum absolute atomic E-state index is 0.172. The summed E-state index contributed by atoms with van der Waals surface area (Å²) < 4.78 is 11.0. The van der Waals surface area contributed by atoms with Crippen molar-refractivity contribution in [2.24, 2.45) is 0 Å². The van der Waals surface area contributed by atoms with E-state index in [0.717, 1.165) is 30.9 Å². The third-order valence-corrected chi connectivity index (χ3v) is 6.23. The first-order valence-electron chi connectivity index (χ1n) is 9.49. The fourth-order valence-electron chi connectivity index (χ4n) is 4.97. The van der Waals surface area contributed by atoms with Crippen molar-refractivity contribution in [1.82, 2.24) is 4.90 Å². The second-order valence-electron chi connectivity index (χ2n) is 7.53. The van der Waals surface area contributed by atoms with Gasteiger partial charge >= 0.3 is 0 Å². The van der Waals surface area contributed by atoms with E-state index in [-0.39, 0.29) is 11.3 Å². The number of fused-ring (bicyclic) bond motifs is 1. The average molecular weight is 365 g/mol. The van der Waals surface area contributed by atoms with E-state index in [2.05, 4.69) is 48.3 Å². The molecule has 1 aliphatic carbocycles. The van der Waals surface area contributed by atoms with Crippen molar-refractivity contribution in [1.29, 1.82) is 0 Å². The lowest BCUT2D eigenvalue weighted by atomic mass is 9.61. The van der Waals surface area contributed by atoms with Crippen LogP contribution in [0.5, 0.6) is 11.5 Å². The number of aliphatic hydroxyl groups excluding tert-OH is 1. The molecule has 142 valence electrons. The molecule has 0 spiro atoms. The van der Waals surface area contributed by atoms with Crippen LogP contribution in [0.25, 0.3) is 0 Å². The highest BCUT2D eigenvalue weighted by Crippen LogP contribution is 2.56. The number of likely N-dealkylation sites (tertiary alicyclic amines) is 1. The standard InChI is InChI=1S/C23H27NO3/c1-24-12-11-23(17-9-10-20(26-2)21(13-17)27-3)19(14-18(25)15-22(23)24)16-7-5-4-6-8-16/h4-10,13,15,18-19,25H,11-12,14H2,1-3H3/t18-,19?,23-/m0/s1. The number of methoxy groups -OCH3 is 2. The second kappa shape index (κ2) is 6.93. The van der Waals surface area contributed by atoms with Crippen LogP contribution in [0, 0.1) is 0 Å². The molecule has 0 aromatic heterocycles. The number of hydrogen-bond donors (Lipinski definition) is 1. The number of rotatable bonds is 4. The summed E-state index contributed by atoms with van der Waals surface area (Å²) in [5, 5.41) is 10.6. The Bertz CT molecular complexity index is 848. The van der Waals surface area contributed by atoms with Crippen LogP contribution in [-0.4, -0.2) is 43.9 Å². The largest absolute Gasteiger partial charge is 0.493 e. The van der Waals surface area contributed by atoms with Gasteiger partial charge in [0.1, 0.15) is 0 Å². The molecule has 1 heterocycles. The maximum atomic E-state index is 10.6. The molecule has 4 nitrogen and oxygen atoms in total. The Morgan fingerprint density at radius 1 is 1.04 bits per heavy atom. The summed E-state index contributed by atoms with van der Waals surface area (Å²) in [6.45, 7) is 0.968. The van der Waals surface area contributed by atoms with Gasteiger partial charge in [-0.2, -0.15) is 0 Å². The van der Waals surface area contributed by atoms with Crippen LogP contribution in [-0.2, 0) is 5.41 Å². The predicted octanol–water partition coefficient (Wildman–Crippen LogP) is 3.71. The number of aliphatic hydroxyl groups is 1. The van der Waals surface area contributed by atoms with Crippen LogP contribution < -0.4 is 9.47 Å². The molecule has 0 bridgehead atoms. The zero-order valence-electron chi connectivity index (χ0n) is 16.2. The average Bonchev–Trinajstić information content (AvgIpc) is 3.05. The van der Waals surface area contributed by atoms with E-state index in [1.807, 2.05) is 18.2 Å². The smallest absolute Gasteiger partial charge is 0.161 e. The van der Waals surface area contributed by atoms with Crippen molar-refractivity contribution in [3.63, 3.8) is 0 Å². The lowest BCUT2D eigenvalue weighted by Gasteiger charge is -2.44. The molecule has 1 aliphatic heterocycles. The highest BCUT2D eigenvalue weighted by atomic mass is 16.5. The summed E-state index contributed by atoms with van der Waals surface area (Å²) in [4.78, 5) is 2.29. The van der Waals surface area contributed by atoms with Gasteiger partial charge < -0.3 is 19.5 Å². The fourth-order valence-corrected chi connectivity index (χ4v) is 4.97. The Balaban J connectivity index is 1.92. The molecule has 4 rings (SSSR count). The lowest BCUT2D eigenvalue weighted by molar-refractivity contribution is 0.165. The van der Waals surface area contributed by atoms with Crippen molar-refractivity contribution in [3.05, 3.63) is 71.4 Å². The van der Waals surface area contributed by atoms with Gasteiger partial charge in [0.25, 0.3) is 0 Å². The topological polar surface area (TPSA) is 41.9 Å². The van der Waals surface area contributed by atoms with Gasteiger partial charge in [0.15, 0.2) is 11.5 Å². The van der Waals surface area contributed by atoms with E-state index in [9.17, 15) is 5.11 Å². The Labute approximate surface area is 161 Å². The second-order valence-corrected chi connectivity index (χ2v) is 7.53. The predicted molar refractivity (Wildman–Crippen MR) is 106 cm³/mol. The molecule has 1 saturated heterocycles. The maximum absolute atomic E-state index is 10.6. The summed E-state index contributed by atoms with van der Waals surface area (Å²) in [7, 11) is 5.46. The molecule has 0 amide bonds.